The third kappa shape index (κ3) is 8.95. The number of rotatable bonds is 0. The molecule has 0 saturated carbocycles. The van der Waals surface area contributed by atoms with Crippen molar-refractivity contribution in [3.8, 4) is 0 Å². The van der Waals surface area contributed by atoms with Gasteiger partial charge in [0.05, 0.1) is 0 Å². The molecule has 0 fully saturated rings. The summed E-state index contributed by atoms with van der Waals surface area (Å²) in [5, 5.41) is 0. The second-order valence-electron chi connectivity index (χ2n) is 0.429. The van der Waals surface area contributed by atoms with E-state index in [1.54, 1.807) is 0 Å². The van der Waals surface area contributed by atoms with Crippen LogP contribution in [0.1, 0.15) is 0 Å². The SMILES string of the molecule is [I][Na]([I])[I]. The molecule has 0 atom stereocenters. The summed E-state index contributed by atoms with van der Waals surface area (Å²) in [7, 11) is 0. The van der Waals surface area contributed by atoms with Crippen molar-refractivity contribution in [1.82, 2.24) is 0 Å². The maximum absolute atomic E-state index is 2.53. The first-order valence-electron chi connectivity index (χ1n) is 1.13. The van der Waals surface area contributed by atoms with E-state index in [4.69, 9.17) is 0 Å². The van der Waals surface area contributed by atoms with Crippen molar-refractivity contribution >= 4 is 62.7 Å². The zero-order valence-corrected chi connectivity index (χ0v) is 10.6. The van der Waals surface area contributed by atoms with E-state index in [1.807, 2.05) is 0 Å². The molecule has 0 aromatic rings. The number of halogens is 3. The molecule has 0 aromatic carbocycles. The first-order valence-corrected chi connectivity index (χ1v) is 22.8. The summed E-state index contributed by atoms with van der Waals surface area (Å²) >= 11 is 6.84. The van der Waals surface area contributed by atoms with E-state index in [1.165, 1.54) is 0 Å². The van der Waals surface area contributed by atoms with Gasteiger partial charge in [-0.15, -0.1) is 0 Å². The monoisotopic (exact) mass is 404 g/mol. The summed E-state index contributed by atoms with van der Waals surface area (Å²) in [5.74, 6) is 0. The fraction of sp³-hybridized carbons (Fsp3) is 0. The molecule has 4 radical (unpaired) electrons. The molecule has 4 heavy (non-hydrogen) atoms. The van der Waals surface area contributed by atoms with Gasteiger partial charge in [-0.05, 0) is 0 Å². The maximum atomic E-state index is 2.53. The molecule has 0 saturated heterocycles. The molecule has 4 heteroatoms. The third-order valence-corrected chi connectivity index (χ3v) is 0. The van der Waals surface area contributed by atoms with Gasteiger partial charge in [0.15, 0.2) is 0 Å². The number of hydrogen-bond donors (Lipinski definition) is 0. The van der Waals surface area contributed by atoms with Crippen LogP contribution in [0.3, 0.4) is 0 Å². The third-order valence-electron chi connectivity index (χ3n) is 0. The Labute approximate surface area is 60.4 Å². The van der Waals surface area contributed by atoms with Gasteiger partial charge in [0.2, 0.25) is 0 Å². The summed E-state index contributed by atoms with van der Waals surface area (Å²) in [6, 6.07) is 0. The van der Waals surface area contributed by atoms with E-state index >= 15 is 0 Å². The minimum atomic E-state index is -0.747. The summed E-state index contributed by atoms with van der Waals surface area (Å²) in [5.41, 5.74) is 0. The first kappa shape index (κ1) is 7.19. The first-order chi connectivity index (χ1) is 1.73. The Hall–Kier alpha value is 3.19. The fourth-order valence-electron chi connectivity index (χ4n) is 0. The van der Waals surface area contributed by atoms with Crippen molar-refractivity contribution in [1.29, 1.82) is 0 Å². The van der Waals surface area contributed by atoms with Crippen LogP contribution in [-0.4, -0.2) is 11.2 Å². The topological polar surface area (TPSA) is 0 Å². The minimum absolute atomic E-state index is 0.747. The standard InChI is InChI=1S/3HI.Na/h3*1H;/q;;;+3/p-3. The zero-order chi connectivity index (χ0) is 3.58. The Kier molecular flexibility index (Phi) is 7.82. The van der Waals surface area contributed by atoms with Crippen molar-refractivity contribution in [2.75, 3.05) is 0 Å². The molecule has 0 aromatic heterocycles. The molecule has 0 aliphatic rings. The number of hydrogen-bond acceptors (Lipinski definition) is 0. The van der Waals surface area contributed by atoms with Gasteiger partial charge in [0.25, 0.3) is 0 Å². The molecule has 22 valence electrons. The zero-order valence-electron chi connectivity index (χ0n) is 2.13. The van der Waals surface area contributed by atoms with Gasteiger partial charge in [-0.1, -0.05) is 0 Å². The molecule has 0 heterocycles. The molecule has 0 amide bonds. The van der Waals surface area contributed by atoms with Crippen LogP contribution >= 0.6 is 51.5 Å². The van der Waals surface area contributed by atoms with Crippen molar-refractivity contribution in [3.63, 3.8) is 0 Å². The molecular formula is I3Na. The van der Waals surface area contributed by atoms with E-state index in [-0.39, 0.29) is 0 Å². The Morgan fingerprint density at radius 3 is 1.00 bits per heavy atom. The molecule has 0 spiro atoms. The average Bonchev–Trinajstić information content (AvgIpc) is 0.811. The Morgan fingerprint density at radius 2 is 1.00 bits per heavy atom. The van der Waals surface area contributed by atoms with Gasteiger partial charge in [-0.3, -0.25) is 0 Å². The Morgan fingerprint density at radius 1 is 1.00 bits per heavy atom. The van der Waals surface area contributed by atoms with Crippen molar-refractivity contribution in [2.24, 2.45) is 0 Å². The van der Waals surface area contributed by atoms with Crippen LogP contribution in [-0.2, 0) is 0 Å². The summed E-state index contributed by atoms with van der Waals surface area (Å²) in [6.07, 6.45) is 0. The van der Waals surface area contributed by atoms with E-state index in [9.17, 15) is 0 Å². The Balaban J connectivity index is 2.32. The van der Waals surface area contributed by atoms with Crippen molar-refractivity contribution in [2.45, 2.75) is 0 Å². The van der Waals surface area contributed by atoms with Crippen molar-refractivity contribution < 1.29 is 0 Å². The Bertz CT molecular complexity index is 8.00. The van der Waals surface area contributed by atoms with Gasteiger partial charge in [0.1, 0.15) is 0 Å². The predicted molar refractivity (Wildman–Crippen MR) is 47.8 cm³/mol. The van der Waals surface area contributed by atoms with Gasteiger partial charge in [-0.2, -0.15) is 0 Å². The van der Waals surface area contributed by atoms with E-state index in [0.717, 1.165) is 0 Å². The van der Waals surface area contributed by atoms with E-state index in [0.29, 0.717) is 0 Å². The molecule has 0 unspecified atom stereocenters. The average molecular weight is 404 g/mol. The van der Waals surface area contributed by atoms with Gasteiger partial charge >= 0.3 is 62.7 Å². The molecule has 0 bridgehead atoms. The summed E-state index contributed by atoms with van der Waals surface area (Å²) in [4.78, 5) is 0. The molecule has 0 aliphatic carbocycles. The van der Waals surface area contributed by atoms with Gasteiger partial charge in [0, 0.05) is 0 Å². The molecule has 0 aliphatic heterocycles. The van der Waals surface area contributed by atoms with Crippen LogP contribution < -0.4 is 0 Å². The molecule has 0 N–H and O–H groups in total. The second-order valence-corrected chi connectivity index (χ2v) is 57.9. The van der Waals surface area contributed by atoms with E-state index < -0.39 is 11.2 Å². The van der Waals surface area contributed by atoms with Crippen LogP contribution in [0, 0.1) is 0 Å². The van der Waals surface area contributed by atoms with Gasteiger partial charge in [-0.25, -0.2) is 0 Å². The van der Waals surface area contributed by atoms with E-state index in [2.05, 4.69) is 51.5 Å². The van der Waals surface area contributed by atoms with Gasteiger partial charge < -0.3 is 0 Å². The summed E-state index contributed by atoms with van der Waals surface area (Å²) in [6.45, 7) is 0. The van der Waals surface area contributed by atoms with Crippen LogP contribution in [0.4, 0.5) is 0 Å². The van der Waals surface area contributed by atoms with Crippen LogP contribution in [0.2, 0.25) is 0 Å². The van der Waals surface area contributed by atoms with Crippen LogP contribution in [0.5, 0.6) is 0 Å². The predicted octanol–water partition coefficient (Wildman–Crippen LogP) is 2.28. The second kappa shape index (κ2) is 4.35. The normalized spacial score (nSPS) is 9.00. The molecule has 0 rings (SSSR count). The summed E-state index contributed by atoms with van der Waals surface area (Å²) < 4.78 is 0. The quantitative estimate of drug-likeness (QED) is 0.430. The van der Waals surface area contributed by atoms with Crippen molar-refractivity contribution in [3.05, 3.63) is 0 Å². The molecular weight excluding hydrogens is 404 g/mol. The fourth-order valence-corrected chi connectivity index (χ4v) is 0. The molecule has 0 nitrogen and oxygen atoms in total. The van der Waals surface area contributed by atoms with Crippen LogP contribution in [0.25, 0.3) is 0 Å². The van der Waals surface area contributed by atoms with Crippen LogP contribution in [0.15, 0.2) is 0 Å².